The van der Waals surface area contributed by atoms with Gasteiger partial charge < -0.3 is 15.3 Å². The van der Waals surface area contributed by atoms with E-state index in [9.17, 15) is 20.1 Å². The third-order valence-corrected chi connectivity index (χ3v) is 5.98. The zero-order chi connectivity index (χ0) is 26.7. The van der Waals surface area contributed by atoms with Gasteiger partial charge >= 0.3 is 0 Å². The highest BCUT2D eigenvalue weighted by atomic mass is 16.3. The van der Waals surface area contributed by atoms with Gasteiger partial charge in [0, 0.05) is 17.5 Å². The summed E-state index contributed by atoms with van der Waals surface area (Å²) in [6.45, 7) is 16.2. The molecule has 0 saturated heterocycles. The molecule has 0 fully saturated rings. The van der Waals surface area contributed by atoms with Gasteiger partial charge in [0.15, 0.2) is 5.78 Å². The van der Waals surface area contributed by atoms with Crippen molar-refractivity contribution < 1.29 is 20.1 Å². The first-order chi connectivity index (χ1) is 16.3. The van der Waals surface area contributed by atoms with Crippen LogP contribution in [0.2, 0.25) is 0 Å². The van der Waals surface area contributed by atoms with Gasteiger partial charge in [0.05, 0.1) is 0 Å². The molecule has 0 aliphatic carbocycles. The molecule has 194 valence electrons. The van der Waals surface area contributed by atoms with Crippen molar-refractivity contribution in [1.29, 1.82) is 0 Å². The van der Waals surface area contributed by atoms with Crippen molar-refractivity contribution in [1.82, 2.24) is 0 Å². The normalized spacial score (nSPS) is 12.1. The Balaban J connectivity index is 3.39. The van der Waals surface area contributed by atoms with Gasteiger partial charge in [-0.1, -0.05) is 60.4 Å². The van der Waals surface area contributed by atoms with E-state index in [2.05, 4.69) is 39.8 Å². The lowest BCUT2D eigenvalue weighted by atomic mass is 9.91. The lowest BCUT2D eigenvalue weighted by molar-refractivity contribution is 0.0962. The Morgan fingerprint density at radius 2 is 1.09 bits per heavy atom. The molecular weight excluding hydrogens is 436 g/mol. The van der Waals surface area contributed by atoms with Crippen molar-refractivity contribution in [3.63, 3.8) is 0 Å². The number of aromatic hydroxyl groups is 3. The van der Waals surface area contributed by atoms with Gasteiger partial charge in [-0.15, -0.1) is 0 Å². The summed E-state index contributed by atoms with van der Waals surface area (Å²) < 4.78 is 0. The fourth-order valence-electron chi connectivity index (χ4n) is 3.88. The second-order valence-corrected chi connectivity index (χ2v) is 10.5. The van der Waals surface area contributed by atoms with Crippen molar-refractivity contribution in [2.75, 3.05) is 0 Å². The van der Waals surface area contributed by atoms with E-state index >= 15 is 0 Å². The lowest BCUT2D eigenvalue weighted by Gasteiger charge is -2.18. The number of ketones is 1. The number of rotatable bonds is 13. The highest BCUT2D eigenvalue weighted by Gasteiger charge is 2.27. The quantitative estimate of drug-likeness (QED) is 0.194. The van der Waals surface area contributed by atoms with E-state index in [-0.39, 0.29) is 53.8 Å². The number of hydrogen-bond donors (Lipinski definition) is 3. The molecule has 0 aromatic heterocycles. The molecule has 0 bridgehead atoms. The van der Waals surface area contributed by atoms with Crippen LogP contribution in [0.5, 0.6) is 17.2 Å². The van der Waals surface area contributed by atoms with E-state index in [1.54, 1.807) is 0 Å². The Bertz CT molecular complexity index is 928. The largest absolute Gasteiger partial charge is 0.507 e. The molecule has 4 nitrogen and oxygen atoms in total. The molecule has 0 spiro atoms. The van der Waals surface area contributed by atoms with Crippen LogP contribution in [0, 0.1) is 5.92 Å². The predicted molar refractivity (Wildman–Crippen MR) is 147 cm³/mol. The van der Waals surface area contributed by atoms with Gasteiger partial charge in [0.1, 0.15) is 22.8 Å². The fourth-order valence-corrected chi connectivity index (χ4v) is 3.88. The van der Waals surface area contributed by atoms with E-state index in [1.807, 2.05) is 39.8 Å². The van der Waals surface area contributed by atoms with Crippen molar-refractivity contribution >= 4 is 5.78 Å². The van der Waals surface area contributed by atoms with E-state index in [4.69, 9.17) is 0 Å². The van der Waals surface area contributed by atoms with Gasteiger partial charge in [0.2, 0.25) is 0 Å². The summed E-state index contributed by atoms with van der Waals surface area (Å²) in [4.78, 5) is 13.0. The zero-order valence-electron chi connectivity index (χ0n) is 23.1. The number of carbonyl (C=O) groups is 1. The van der Waals surface area contributed by atoms with Crippen LogP contribution in [-0.2, 0) is 12.8 Å². The number of hydrogen-bond acceptors (Lipinski definition) is 4. The number of Topliss-reactive ketones (excluding diaryl/α,β-unsaturated/α-hetero) is 1. The second kappa shape index (κ2) is 14.6. The van der Waals surface area contributed by atoms with Crippen LogP contribution >= 0.6 is 0 Å². The molecule has 0 aliphatic rings. The van der Waals surface area contributed by atoms with Gasteiger partial charge in [0.25, 0.3) is 0 Å². The van der Waals surface area contributed by atoms with Gasteiger partial charge in [-0.2, -0.15) is 0 Å². The van der Waals surface area contributed by atoms with Crippen LogP contribution in [0.3, 0.4) is 0 Å². The Hall–Kier alpha value is -2.75. The van der Waals surface area contributed by atoms with Crippen LogP contribution in [0.25, 0.3) is 0 Å². The van der Waals surface area contributed by atoms with E-state index in [0.29, 0.717) is 11.1 Å². The first-order valence-electron chi connectivity index (χ1n) is 12.7. The van der Waals surface area contributed by atoms with Crippen molar-refractivity contribution in [3.8, 4) is 17.2 Å². The monoisotopic (exact) mass is 482 g/mol. The van der Waals surface area contributed by atoms with Crippen LogP contribution in [0.1, 0.15) is 109 Å². The Morgan fingerprint density at radius 1 is 0.686 bits per heavy atom. The number of phenolic OH excluding ortho intramolecular Hbond substituents is 3. The minimum absolute atomic E-state index is 0.0762. The number of benzene rings is 1. The molecule has 3 N–H and O–H groups in total. The number of allylic oxidation sites excluding steroid dienone is 8. The van der Waals surface area contributed by atoms with Crippen LogP contribution in [0.4, 0.5) is 0 Å². The zero-order valence-corrected chi connectivity index (χ0v) is 23.1. The molecule has 0 unspecified atom stereocenters. The summed E-state index contributed by atoms with van der Waals surface area (Å²) in [6.07, 6.45) is 12.7. The summed E-state index contributed by atoms with van der Waals surface area (Å²) in [5.41, 5.74) is 5.33. The van der Waals surface area contributed by atoms with Gasteiger partial charge in [-0.25, -0.2) is 0 Å². The molecule has 35 heavy (non-hydrogen) atoms. The summed E-state index contributed by atoms with van der Waals surface area (Å²) >= 11 is 0. The minimum Gasteiger partial charge on any atom is -0.507 e. The second-order valence-electron chi connectivity index (χ2n) is 10.5. The number of carbonyl (C=O) groups excluding carboxylic acids is 1. The van der Waals surface area contributed by atoms with Crippen LogP contribution in [-0.4, -0.2) is 21.1 Å². The SMILES string of the molecule is CC(C)=CCC/C(C)=C/Cc1c(O)c(C/C=C(\C)CCC=C(C)C)c(O)c(C(=O)CC(C)C)c1O. The Labute approximate surface area is 212 Å². The first kappa shape index (κ1) is 30.3. The Kier molecular flexibility index (Phi) is 12.6. The maximum atomic E-state index is 13.0. The molecule has 0 atom stereocenters. The third-order valence-electron chi connectivity index (χ3n) is 5.98. The first-order valence-corrected chi connectivity index (χ1v) is 12.7. The standard InChI is InChI=1S/C31H46O4/c1-20(2)11-9-13-23(7)15-17-25-29(33)26(18-16-24(8)14-10-12-21(3)4)31(35)28(30(25)34)27(32)19-22(5)6/h11-12,15-16,22,33-35H,9-10,13-14,17-19H2,1-8H3/b23-15+,24-16+. The van der Waals surface area contributed by atoms with E-state index < -0.39 is 0 Å². The Morgan fingerprint density at radius 3 is 1.43 bits per heavy atom. The van der Waals surface area contributed by atoms with Gasteiger partial charge in [-0.3, -0.25) is 4.79 Å². The molecule has 0 amide bonds. The molecule has 1 rings (SSSR count). The molecule has 4 heteroatoms. The molecule has 0 radical (unpaired) electrons. The topological polar surface area (TPSA) is 77.8 Å². The van der Waals surface area contributed by atoms with Crippen molar-refractivity contribution in [3.05, 3.63) is 63.3 Å². The lowest BCUT2D eigenvalue weighted by Crippen LogP contribution is -2.07. The summed E-state index contributed by atoms with van der Waals surface area (Å²) in [7, 11) is 0. The molecule has 0 saturated carbocycles. The highest BCUT2D eigenvalue weighted by Crippen LogP contribution is 2.44. The average molecular weight is 483 g/mol. The average Bonchev–Trinajstić information content (AvgIpc) is 2.72. The predicted octanol–water partition coefficient (Wildman–Crippen LogP) is 8.50. The van der Waals surface area contributed by atoms with Gasteiger partial charge in [-0.05, 0) is 86.0 Å². The van der Waals surface area contributed by atoms with Crippen molar-refractivity contribution in [2.45, 2.75) is 100 Å². The molecule has 1 aromatic rings. The minimum atomic E-state index is -0.314. The van der Waals surface area contributed by atoms with Crippen LogP contribution in [0.15, 0.2) is 46.6 Å². The smallest absolute Gasteiger partial charge is 0.170 e. The van der Waals surface area contributed by atoms with E-state index in [1.165, 1.54) is 11.1 Å². The maximum absolute atomic E-state index is 13.0. The maximum Gasteiger partial charge on any atom is 0.170 e. The van der Waals surface area contributed by atoms with Crippen LogP contribution < -0.4 is 0 Å². The molecule has 0 aliphatic heterocycles. The summed E-state index contributed by atoms with van der Waals surface area (Å²) in [5, 5.41) is 33.0. The van der Waals surface area contributed by atoms with Crippen molar-refractivity contribution in [2.24, 2.45) is 5.92 Å². The molecule has 0 heterocycles. The molecule has 1 aromatic carbocycles. The summed E-state index contributed by atoms with van der Waals surface area (Å²) in [6, 6.07) is 0. The fraction of sp³-hybridized carbons (Fsp3) is 0.516. The summed E-state index contributed by atoms with van der Waals surface area (Å²) in [5.74, 6) is -0.996. The highest BCUT2D eigenvalue weighted by molar-refractivity contribution is 6.02. The molecular formula is C31H46O4. The number of phenols is 3. The van der Waals surface area contributed by atoms with E-state index in [0.717, 1.165) is 36.8 Å². The third kappa shape index (κ3) is 10.2.